The maximum absolute atomic E-state index is 12.4. The molecule has 1 rings (SSSR count). The number of halogens is 2. The standard InChI is InChI=1S/C7H6ClFN2O/c1-11(7(8)12)6-3-2-5(9)4-10-6/h2-4H,1H3. The van der Waals surface area contributed by atoms with E-state index in [0.29, 0.717) is 5.82 Å². The first-order chi connectivity index (χ1) is 5.61. The average molecular weight is 189 g/mol. The van der Waals surface area contributed by atoms with Gasteiger partial charge in [-0.15, -0.1) is 0 Å². The number of hydrogen-bond donors (Lipinski definition) is 0. The van der Waals surface area contributed by atoms with Crippen LogP contribution in [0.1, 0.15) is 0 Å². The molecule has 1 amide bonds. The third-order valence-corrected chi connectivity index (χ3v) is 1.57. The number of anilines is 1. The van der Waals surface area contributed by atoms with Crippen LogP contribution in [-0.4, -0.2) is 17.4 Å². The molecule has 1 heterocycles. The van der Waals surface area contributed by atoms with E-state index < -0.39 is 11.2 Å². The molecule has 0 aliphatic carbocycles. The molecule has 0 aliphatic heterocycles. The molecular weight excluding hydrogens is 183 g/mol. The summed E-state index contributed by atoms with van der Waals surface area (Å²) in [7, 11) is 1.45. The molecular formula is C7H6ClFN2O. The van der Waals surface area contributed by atoms with Crippen molar-refractivity contribution in [3.05, 3.63) is 24.1 Å². The highest BCUT2D eigenvalue weighted by Gasteiger charge is 2.07. The fraction of sp³-hybridized carbons (Fsp3) is 0.143. The summed E-state index contributed by atoms with van der Waals surface area (Å²) in [5, 5.41) is -0.658. The van der Waals surface area contributed by atoms with E-state index in [1.807, 2.05) is 0 Å². The number of carbonyl (C=O) groups is 1. The van der Waals surface area contributed by atoms with Gasteiger partial charge in [0.25, 0.3) is 0 Å². The van der Waals surface area contributed by atoms with Gasteiger partial charge >= 0.3 is 5.37 Å². The van der Waals surface area contributed by atoms with Gasteiger partial charge in [-0.05, 0) is 23.7 Å². The van der Waals surface area contributed by atoms with Crippen LogP contribution in [0.4, 0.5) is 15.0 Å². The summed E-state index contributed by atoms with van der Waals surface area (Å²) in [5.74, 6) is -0.134. The van der Waals surface area contributed by atoms with Crippen LogP contribution >= 0.6 is 11.6 Å². The van der Waals surface area contributed by atoms with Crippen LogP contribution in [0.2, 0.25) is 0 Å². The van der Waals surface area contributed by atoms with Crippen molar-refractivity contribution in [3.63, 3.8) is 0 Å². The minimum atomic E-state index is -0.658. The Morgan fingerprint density at radius 3 is 2.75 bits per heavy atom. The molecule has 5 heteroatoms. The molecule has 1 aromatic heterocycles. The molecule has 0 N–H and O–H groups in total. The zero-order valence-electron chi connectivity index (χ0n) is 6.29. The highest BCUT2D eigenvalue weighted by molar-refractivity contribution is 6.66. The second-order valence-corrected chi connectivity index (χ2v) is 2.47. The van der Waals surface area contributed by atoms with Gasteiger partial charge in [-0.1, -0.05) is 0 Å². The molecule has 0 aromatic carbocycles. The van der Waals surface area contributed by atoms with E-state index >= 15 is 0 Å². The molecule has 0 radical (unpaired) electrons. The normalized spacial score (nSPS) is 9.58. The molecule has 0 bridgehead atoms. The van der Waals surface area contributed by atoms with Crippen molar-refractivity contribution < 1.29 is 9.18 Å². The van der Waals surface area contributed by atoms with Crippen LogP contribution in [-0.2, 0) is 0 Å². The number of pyridine rings is 1. The second-order valence-electron chi connectivity index (χ2n) is 2.15. The fourth-order valence-electron chi connectivity index (χ4n) is 0.656. The molecule has 1 aromatic rings. The monoisotopic (exact) mass is 188 g/mol. The first-order valence-electron chi connectivity index (χ1n) is 3.16. The Morgan fingerprint density at radius 2 is 2.33 bits per heavy atom. The predicted molar refractivity (Wildman–Crippen MR) is 43.8 cm³/mol. The Balaban J connectivity index is 2.89. The summed E-state index contributed by atoms with van der Waals surface area (Å²) in [4.78, 5) is 15.3. The van der Waals surface area contributed by atoms with Gasteiger partial charge in [0.15, 0.2) is 0 Å². The first-order valence-corrected chi connectivity index (χ1v) is 3.54. The zero-order chi connectivity index (χ0) is 9.14. The van der Waals surface area contributed by atoms with Crippen molar-refractivity contribution in [2.24, 2.45) is 0 Å². The van der Waals surface area contributed by atoms with Gasteiger partial charge in [-0.25, -0.2) is 9.37 Å². The minimum Gasteiger partial charge on any atom is -0.286 e. The van der Waals surface area contributed by atoms with E-state index in [0.717, 1.165) is 11.1 Å². The summed E-state index contributed by atoms with van der Waals surface area (Å²) in [6.07, 6.45) is 1.02. The Morgan fingerprint density at radius 1 is 1.67 bits per heavy atom. The Hall–Kier alpha value is -1.16. The van der Waals surface area contributed by atoms with Crippen molar-refractivity contribution >= 4 is 22.8 Å². The summed E-state index contributed by atoms with van der Waals surface area (Å²) in [6.45, 7) is 0. The SMILES string of the molecule is CN(C(=O)Cl)c1ccc(F)cn1. The third kappa shape index (κ3) is 1.92. The number of hydrogen-bond acceptors (Lipinski definition) is 2. The van der Waals surface area contributed by atoms with Crippen molar-refractivity contribution in [1.82, 2.24) is 4.98 Å². The van der Waals surface area contributed by atoms with Crippen molar-refractivity contribution in [1.29, 1.82) is 0 Å². The molecule has 0 aliphatic rings. The molecule has 0 unspecified atom stereocenters. The fourth-order valence-corrected chi connectivity index (χ4v) is 0.743. The van der Waals surface area contributed by atoms with E-state index in [-0.39, 0.29) is 0 Å². The number of nitrogens with zero attached hydrogens (tertiary/aromatic N) is 2. The van der Waals surface area contributed by atoms with Crippen LogP contribution < -0.4 is 4.90 Å². The smallest absolute Gasteiger partial charge is 0.286 e. The van der Waals surface area contributed by atoms with E-state index in [1.165, 1.54) is 19.2 Å². The average Bonchev–Trinajstić information content (AvgIpc) is 2.04. The lowest BCUT2D eigenvalue weighted by atomic mass is 10.4. The molecule has 0 fully saturated rings. The van der Waals surface area contributed by atoms with Crippen molar-refractivity contribution in [3.8, 4) is 0 Å². The Kier molecular flexibility index (Phi) is 2.60. The maximum atomic E-state index is 12.4. The number of amides is 1. The lowest BCUT2D eigenvalue weighted by Crippen LogP contribution is -2.20. The molecule has 0 saturated heterocycles. The van der Waals surface area contributed by atoms with E-state index in [4.69, 9.17) is 11.6 Å². The summed E-state index contributed by atoms with van der Waals surface area (Å²) >= 11 is 5.16. The van der Waals surface area contributed by atoms with Crippen molar-refractivity contribution in [2.45, 2.75) is 0 Å². The summed E-state index contributed by atoms with van der Waals surface area (Å²) in [6, 6.07) is 2.58. The van der Waals surface area contributed by atoms with Crippen LogP contribution in [0.15, 0.2) is 18.3 Å². The highest BCUT2D eigenvalue weighted by atomic mass is 35.5. The summed E-state index contributed by atoms with van der Waals surface area (Å²) < 4.78 is 12.4. The van der Waals surface area contributed by atoms with E-state index in [2.05, 4.69) is 4.98 Å². The lowest BCUT2D eigenvalue weighted by molar-refractivity contribution is 0.265. The number of rotatable bonds is 1. The quantitative estimate of drug-likeness (QED) is 0.499. The van der Waals surface area contributed by atoms with Gasteiger partial charge in [0.2, 0.25) is 0 Å². The largest absolute Gasteiger partial charge is 0.321 e. The summed E-state index contributed by atoms with van der Waals surface area (Å²) in [5.41, 5.74) is 0. The molecule has 64 valence electrons. The van der Waals surface area contributed by atoms with Crippen LogP contribution in [0, 0.1) is 5.82 Å². The van der Waals surface area contributed by atoms with Crippen LogP contribution in [0.5, 0.6) is 0 Å². The number of carbonyl (C=O) groups excluding carboxylic acids is 1. The predicted octanol–water partition coefficient (Wildman–Crippen LogP) is 2.02. The molecule has 0 atom stereocenters. The van der Waals surface area contributed by atoms with E-state index in [9.17, 15) is 9.18 Å². The van der Waals surface area contributed by atoms with Crippen LogP contribution in [0.25, 0.3) is 0 Å². The third-order valence-electron chi connectivity index (χ3n) is 1.32. The van der Waals surface area contributed by atoms with Crippen LogP contribution in [0.3, 0.4) is 0 Å². The lowest BCUT2D eigenvalue weighted by Gasteiger charge is -2.10. The Bertz CT molecular complexity index is 288. The topological polar surface area (TPSA) is 33.2 Å². The van der Waals surface area contributed by atoms with E-state index in [1.54, 1.807) is 0 Å². The first kappa shape index (κ1) is 8.93. The van der Waals surface area contributed by atoms with Crippen molar-refractivity contribution in [2.75, 3.05) is 11.9 Å². The van der Waals surface area contributed by atoms with Gasteiger partial charge in [-0.3, -0.25) is 9.69 Å². The van der Waals surface area contributed by atoms with Gasteiger partial charge in [0.05, 0.1) is 6.20 Å². The molecule has 3 nitrogen and oxygen atoms in total. The second kappa shape index (κ2) is 3.49. The molecule has 12 heavy (non-hydrogen) atoms. The zero-order valence-corrected chi connectivity index (χ0v) is 7.05. The molecule has 0 spiro atoms. The van der Waals surface area contributed by atoms with Gasteiger partial charge < -0.3 is 0 Å². The molecule has 0 saturated carbocycles. The highest BCUT2D eigenvalue weighted by Crippen LogP contribution is 2.10. The van der Waals surface area contributed by atoms with Gasteiger partial charge in [0.1, 0.15) is 11.6 Å². The maximum Gasteiger partial charge on any atom is 0.321 e. The van der Waals surface area contributed by atoms with Gasteiger partial charge in [-0.2, -0.15) is 0 Å². The number of aromatic nitrogens is 1. The minimum absolute atomic E-state index is 0.316. The van der Waals surface area contributed by atoms with Gasteiger partial charge in [0, 0.05) is 7.05 Å². The Labute approximate surface area is 73.8 Å².